The van der Waals surface area contributed by atoms with Crippen molar-refractivity contribution in [1.29, 1.82) is 0 Å². The number of carbonyl (C=O) groups excluding carboxylic acids is 1. The third kappa shape index (κ3) is 3.68. The van der Waals surface area contributed by atoms with Crippen LogP contribution in [0.1, 0.15) is 11.4 Å². The normalized spacial score (nSPS) is 10.9. The molecule has 1 amide bonds. The molecule has 0 aliphatic heterocycles. The molecule has 0 bridgehead atoms. The Labute approximate surface area is 139 Å². The minimum Gasteiger partial charge on any atom is -0.355 e. The highest BCUT2D eigenvalue weighted by Gasteiger charge is 2.09. The van der Waals surface area contributed by atoms with Crippen LogP contribution in [0.25, 0.3) is 11.2 Å². The monoisotopic (exact) mass is 328 g/mol. The number of hydrogen-bond acceptors (Lipinski definition) is 3. The van der Waals surface area contributed by atoms with Crippen LogP contribution in [-0.4, -0.2) is 27.0 Å². The van der Waals surface area contributed by atoms with Crippen molar-refractivity contribution < 1.29 is 4.79 Å². The Balaban J connectivity index is 1.55. The molecule has 0 fully saturated rings. The fraction of sp³-hybridized carbons (Fsp3) is 0.235. The molecule has 0 saturated carbocycles. The van der Waals surface area contributed by atoms with Gasteiger partial charge in [0, 0.05) is 31.2 Å². The number of carbonyl (C=O) groups is 1. The van der Waals surface area contributed by atoms with Crippen molar-refractivity contribution in [3.8, 4) is 0 Å². The van der Waals surface area contributed by atoms with Crippen LogP contribution in [0, 0.1) is 0 Å². The number of hydrogen-bond donors (Lipinski definition) is 1. The van der Waals surface area contributed by atoms with Crippen LogP contribution in [0.15, 0.2) is 42.6 Å². The van der Waals surface area contributed by atoms with E-state index in [1.807, 2.05) is 35.9 Å². The molecule has 0 atom stereocenters. The van der Waals surface area contributed by atoms with E-state index in [-0.39, 0.29) is 5.91 Å². The maximum atomic E-state index is 12.0. The minimum atomic E-state index is -0.00999. The number of fused-ring (bicyclic) bond motifs is 1. The predicted molar refractivity (Wildman–Crippen MR) is 90.4 cm³/mol. The molecule has 3 aromatic rings. The smallest absolute Gasteiger partial charge is 0.224 e. The van der Waals surface area contributed by atoms with Gasteiger partial charge in [-0.2, -0.15) is 0 Å². The van der Waals surface area contributed by atoms with Crippen molar-refractivity contribution in [2.24, 2.45) is 7.05 Å². The van der Waals surface area contributed by atoms with Gasteiger partial charge in [-0.05, 0) is 29.8 Å². The fourth-order valence-electron chi connectivity index (χ4n) is 2.46. The lowest BCUT2D eigenvalue weighted by Gasteiger charge is -2.06. The van der Waals surface area contributed by atoms with Crippen LogP contribution >= 0.6 is 11.6 Å². The van der Waals surface area contributed by atoms with Gasteiger partial charge in [0.05, 0.1) is 6.42 Å². The Bertz CT molecular complexity index is 826. The second kappa shape index (κ2) is 6.79. The summed E-state index contributed by atoms with van der Waals surface area (Å²) >= 11 is 5.83. The number of benzene rings is 1. The number of halogens is 1. The van der Waals surface area contributed by atoms with Gasteiger partial charge in [0.15, 0.2) is 5.65 Å². The largest absolute Gasteiger partial charge is 0.355 e. The molecule has 3 rings (SSSR count). The lowest BCUT2D eigenvalue weighted by Crippen LogP contribution is -2.27. The molecule has 5 nitrogen and oxygen atoms in total. The van der Waals surface area contributed by atoms with Crippen LogP contribution in [0.5, 0.6) is 0 Å². The van der Waals surface area contributed by atoms with E-state index in [1.54, 1.807) is 18.3 Å². The van der Waals surface area contributed by atoms with Crippen molar-refractivity contribution >= 4 is 28.7 Å². The zero-order valence-corrected chi connectivity index (χ0v) is 13.5. The average Bonchev–Trinajstić information content (AvgIpc) is 2.86. The molecule has 0 aliphatic rings. The van der Waals surface area contributed by atoms with Crippen molar-refractivity contribution in [3.05, 3.63) is 59.0 Å². The summed E-state index contributed by atoms with van der Waals surface area (Å²) in [5.74, 6) is 0.898. The zero-order valence-electron chi connectivity index (χ0n) is 12.8. The van der Waals surface area contributed by atoms with Crippen molar-refractivity contribution in [3.63, 3.8) is 0 Å². The van der Waals surface area contributed by atoms with Crippen molar-refractivity contribution in [2.45, 2.75) is 12.8 Å². The number of rotatable bonds is 5. The van der Waals surface area contributed by atoms with E-state index >= 15 is 0 Å². The molecule has 2 aromatic heterocycles. The van der Waals surface area contributed by atoms with Crippen LogP contribution in [-0.2, 0) is 24.7 Å². The minimum absolute atomic E-state index is 0.00999. The van der Waals surface area contributed by atoms with Gasteiger partial charge in [-0.25, -0.2) is 9.97 Å². The lowest BCUT2D eigenvalue weighted by molar-refractivity contribution is -0.120. The van der Waals surface area contributed by atoms with E-state index in [1.165, 1.54) is 0 Å². The number of aromatic nitrogens is 3. The molecular weight excluding hydrogens is 312 g/mol. The Morgan fingerprint density at radius 1 is 1.26 bits per heavy atom. The Morgan fingerprint density at radius 2 is 2.04 bits per heavy atom. The van der Waals surface area contributed by atoms with Crippen LogP contribution in [0.3, 0.4) is 0 Å². The lowest BCUT2D eigenvalue weighted by atomic mass is 10.1. The molecule has 0 radical (unpaired) electrons. The summed E-state index contributed by atoms with van der Waals surface area (Å²) in [6.45, 7) is 0.545. The van der Waals surface area contributed by atoms with Gasteiger partial charge in [-0.1, -0.05) is 23.7 Å². The topological polar surface area (TPSA) is 59.8 Å². The Kier molecular flexibility index (Phi) is 4.57. The van der Waals surface area contributed by atoms with Crippen LogP contribution in [0.2, 0.25) is 5.02 Å². The van der Waals surface area contributed by atoms with E-state index < -0.39 is 0 Å². The maximum Gasteiger partial charge on any atom is 0.224 e. The van der Waals surface area contributed by atoms with E-state index in [4.69, 9.17) is 11.6 Å². The summed E-state index contributed by atoms with van der Waals surface area (Å²) in [6, 6.07) is 11.1. The molecule has 118 valence electrons. The first-order valence-corrected chi connectivity index (χ1v) is 7.79. The number of amides is 1. The first-order valence-electron chi connectivity index (χ1n) is 7.41. The predicted octanol–water partition coefficient (Wildman–Crippen LogP) is 2.52. The molecule has 1 aromatic carbocycles. The highest BCUT2D eigenvalue weighted by Crippen LogP contribution is 2.12. The van der Waals surface area contributed by atoms with Gasteiger partial charge in [0.1, 0.15) is 11.3 Å². The Hall–Kier alpha value is -2.40. The number of nitrogens with one attached hydrogen (secondary N) is 1. The summed E-state index contributed by atoms with van der Waals surface area (Å²) in [5.41, 5.74) is 2.67. The van der Waals surface area contributed by atoms with Crippen LogP contribution in [0.4, 0.5) is 0 Å². The van der Waals surface area contributed by atoms with Gasteiger partial charge in [-0.3, -0.25) is 4.79 Å². The van der Waals surface area contributed by atoms with E-state index in [2.05, 4.69) is 15.3 Å². The van der Waals surface area contributed by atoms with Gasteiger partial charge in [-0.15, -0.1) is 0 Å². The number of pyridine rings is 1. The number of nitrogens with zero attached hydrogens (tertiary/aromatic N) is 3. The van der Waals surface area contributed by atoms with E-state index in [0.29, 0.717) is 24.4 Å². The summed E-state index contributed by atoms with van der Waals surface area (Å²) in [7, 11) is 1.94. The first-order chi connectivity index (χ1) is 11.1. The van der Waals surface area contributed by atoms with E-state index in [9.17, 15) is 4.79 Å². The maximum absolute atomic E-state index is 12.0. The molecule has 2 heterocycles. The summed E-state index contributed by atoms with van der Waals surface area (Å²) in [5, 5.41) is 3.59. The zero-order chi connectivity index (χ0) is 16.2. The van der Waals surface area contributed by atoms with Gasteiger partial charge in [0.2, 0.25) is 5.91 Å². The molecule has 0 spiro atoms. The molecule has 0 saturated heterocycles. The second-order valence-corrected chi connectivity index (χ2v) is 5.77. The third-order valence-corrected chi connectivity index (χ3v) is 3.92. The highest BCUT2D eigenvalue weighted by molar-refractivity contribution is 6.30. The fourth-order valence-corrected chi connectivity index (χ4v) is 2.58. The van der Waals surface area contributed by atoms with E-state index in [0.717, 1.165) is 22.6 Å². The summed E-state index contributed by atoms with van der Waals surface area (Å²) in [6.07, 6.45) is 2.77. The molecular formula is C17H17ClN4O. The summed E-state index contributed by atoms with van der Waals surface area (Å²) < 4.78 is 1.96. The van der Waals surface area contributed by atoms with Gasteiger partial charge in [0.25, 0.3) is 0 Å². The molecule has 1 N–H and O–H groups in total. The SMILES string of the molecule is Cn1c(CCNC(=O)Cc2ccc(Cl)cc2)nc2cccnc21. The van der Waals surface area contributed by atoms with Crippen molar-refractivity contribution in [1.82, 2.24) is 19.9 Å². The number of imidazole rings is 1. The average molecular weight is 329 g/mol. The Morgan fingerprint density at radius 3 is 2.78 bits per heavy atom. The van der Waals surface area contributed by atoms with Gasteiger partial charge >= 0.3 is 0 Å². The standard InChI is InChI=1S/C17H17ClN4O/c1-22-15(21-14-3-2-9-20-17(14)22)8-10-19-16(23)11-12-4-6-13(18)7-5-12/h2-7,9H,8,10-11H2,1H3,(H,19,23). The van der Waals surface area contributed by atoms with Crippen molar-refractivity contribution in [2.75, 3.05) is 6.54 Å². The molecule has 23 heavy (non-hydrogen) atoms. The summed E-state index contributed by atoms with van der Waals surface area (Å²) in [4.78, 5) is 20.8. The third-order valence-electron chi connectivity index (χ3n) is 3.67. The molecule has 6 heteroatoms. The molecule has 0 aliphatic carbocycles. The first kappa shape index (κ1) is 15.5. The molecule has 0 unspecified atom stereocenters. The highest BCUT2D eigenvalue weighted by atomic mass is 35.5. The van der Waals surface area contributed by atoms with Gasteiger partial charge < -0.3 is 9.88 Å². The number of aryl methyl sites for hydroxylation is 1. The quantitative estimate of drug-likeness (QED) is 0.783. The van der Waals surface area contributed by atoms with Crippen LogP contribution < -0.4 is 5.32 Å². The second-order valence-electron chi connectivity index (χ2n) is 5.34.